The fraction of sp³-hybridized carbons (Fsp3) is 0.538. The molecular weight excluding hydrogens is 422 g/mol. The number of hydrogen-bond donors (Lipinski definition) is 0. The van der Waals surface area contributed by atoms with Gasteiger partial charge in [-0.3, -0.25) is 14.7 Å². The van der Waals surface area contributed by atoms with Gasteiger partial charge >= 0.3 is 0 Å². The maximum atomic E-state index is 13.9. The van der Waals surface area contributed by atoms with Gasteiger partial charge in [-0.15, -0.1) is 0 Å². The van der Waals surface area contributed by atoms with E-state index in [4.69, 9.17) is 16.3 Å². The minimum absolute atomic E-state index is 0.0669. The van der Waals surface area contributed by atoms with Crippen LogP contribution in [0.2, 0.25) is 5.02 Å². The molecule has 1 aromatic heterocycles. The first-order valence-corrected chi connectivity index (χ1v) is 12.1. The Kier molecular flexibility index (Phi) is 7.49. The van der Waals surface area contributed by atoms with Crippen molar-refractivity contribution in [2.45, 2.75) is 52.3 Å². The van der Waals surface area contributed by atoms with Crippen LogP contribution in [-0.2, 0) is 22.6 Å². The van der Waals surface area contributed by atoms with Crippen molar-refractivity contribution in [3.8, 4) is 0 Å². The van der Waals surface area contributed by atoms with E-state index in [2.05, 4.69) is 29.8 Å². The molecule has 5 nitrogen and oxygen atoms in total. The summed E-state index contributed by atoms with van der Waals surface area (Å²) >= 11 is 6.07. The molecule has 2 aliphatic heterocycles. The van der Waals surface area contributed by atoms with Crippen LogP contribution in [0.3, 0.4) is 0 Å². The zero-order valence-corrected chi connectivity index (χ0v) is 19.9. The molecule has 2 fully saturated rings. The minimum atomic E-state index is -0.390. The lowest BCUT2D eigenvalue weighted by atomic mass is 9.72. The third kappa shape index (κ3) is 5.69. The fourth-order valence-corrected chi connectivity index (χ4v) is 5.19. The second-order valence-corrected chi connectivity index (χ2v) is 10.2. The van der Waals surface area contributed by atoms with Crippen LogP contribution >= 0.6 is 11.6 Å². The van der Waals surface area contributed by atoms with Crippen LogP contribution in [0, 0.1) is 11.3 Å². The van der Waals surface area contributed by atoms with Gasteiger partial charge in [-0.25, -0.2) is 0 Å². The summed E-state index contributed by atoms with van der Waals surface area (Å²) in [5.41, 5.74) is 1.77. The molecule has 0 saturated carbocycles. The van der Waals surface area contributed by atoms with Crippen molar-refractivity contribution in [2.24, 2.45) is 11.3 Å². The second-order valence-electron chi connectivity index (χ2n) is 9.78. The van der Waals surface area contributed by atoms with Crippen molar-refractivity contribution in [3.05, 3.63) is 64.9 Å². The van der Waals surface area contributed by atoms with Crippen molar-refractivity contribution in [1.29, 1.82) is 0 Å². The Balaban J connectivity index is 1.53. The van der Waals surface area contributed by atoms with E-state index in [1.54, 1.807) is 0 Å². The summed E-state index contributed by atoms with van der Waals surface area (Å²) in [5.74, 6) is 0.739. The van der Waals surface area contributed by atoms with E-state index in [1.807, 2.05) is 47.5 Å². The molecule has 0 bridgehead atoms. The molecule has 0 radical (unpaired) electrons. The highest BCUT2D eigenvalue weighted by Crippen LogP contribution is 2.41. The number of rotatable bonds is 7. The zero-order chi connectivity index (χ0) is 22.6. The number of carbonyl (C=O) groups is 1. The average molecular weight is 456 g/mol. The number of ether oxygens (including phenoxy) is 1. The number of benzene rings is 1. The van der Waals surface area contributed by atoms with E-state index in [0.717, 1.165) is 56.8 Å². The van der Waals surface area contributed by atoms with E-state index in [9.17, 15) is 4.79 Å². The number of piperidine rings is 2. The van der Waals surface area contributed by atoms with Crippen LogP contribution in [0.4, 0.5) is 0 Å². The van der Waals surface area contributed by atoms with Gasteiger partial charge in [0.15, 0.2) is 0 Å². The van der Waals surface area contributed by atoms with Crippen molar-refractivity contribution in [3.63, 3.8) is 0 Å². The van der Waals surface area contributed by atoms with E-state index < -0.39 is 0 Å². The van der Waals surface area contributed by atoms with Gasteiger partial charge in [-0.05, 0) is 61.6 Å². The average Bonchev–Trinajstić information content (AvgIpc) is 2.78. The smallest absolute Gasteiger partial charge is 0.230 e. The van der Waals surface area contributed by atoms with Gasteiger partial charge in [-0.1, -0.05) is 43.6 Å². The molecule has 0 N–H and O–H groups in total. The summed E-state index contributed by atoms with van der Waals surface area (Å²) in [6, 6.07) is 13.8. The van der Waals surface area contributed by atoms with Crippen LogP contribution < -0.4 is 0 Å². The second kappa shape index (κ2) is 10.3. The van der Waals surface area contributed by atoms with Crippen LogP contribution in [0.15, 0.2) is 48.7 Å². The lowest BCUT2D eigenvalue weighted by Gasteiger charge is -2.49. The van der Waals surface area contributed by atoms with E-state index >= 15 is 0 Å². The molecule has 32 heavy (non-hydrogen) atoms. The van der Waals surface area contributed by atoms with Crippen LogP contribution in [0.1, 0.15) is 44.4 Å². The SMILES string of the molecule is CC(C)CO[C@@H]1CN(Cc2ccc(Cl)cc2)C(=O)[C@]2(CCCN(Cc3ccccn3)C2)C1. The molecule has 4 rings (SSSR count). The molecular formula is C26H34ClN3O2. The Morgan fingerprint density at radius 2 is 2.00 bits per heavy atom. The fourth-order valence-electron chi connectivity index (χ4n) is 5.06. The molecule has 2 atom stereocenters. The normalized spacial score (nSPS) is 24.4. The number of amides is 1. The molecule has 2 saturated heterocycles. The lowest BCUT2D eigenvalue weighted by molar-refractivity contribution is -0.162. The molecule has 1 spiro atoms. The van der Waals surface area contributed by atoms with Crippen LogP contribution in [-0.4, -0.2) is 53.0 Å². The van der Waals surface area contributed by atoms with Gasteiger partial charge in [0.05, 0.1) is 17.2 Å². The number of pyridine rings is 1. The molecule has 2 aliphatic rings. The Bertz CT molecular complexity index is 890. The summed E-state index contributed by atoms with van der Waals surface area (Å²) in [6.07, 6.45) is 4.64. The Morgan fingerprint density at radius 1 is 1.19 bits per heavy atom. The highest BCUT2D eigenvalue weighted by Gasteiger charge is 2.49. The quantitative estimate of drug-likeness (QED) is 0.602. The summed E-state index contributed by atoms with van der Waals surface area (Å²) in [5, 5.41) is 0.714. The minimum Gasteiger partial charge on any atom is -0.376 e. The Morgan fingerprint density at radius 3 is 2.72 bits per heavy atom. The predicted molar refractivity (Wildman–Crippen MR) is 127 cm³/mol. The predicted octanol–water partition coefficient (Wildman–Crippen LogP) is 4.79. The van der Waals surface area contributed by atoms with Gasteiger partial charge in [0.25, 0.3) is 0 Å². The van der Waals surface area contributed by atoms with E-state index in [1.165, 1.54) is 0 Å². The maximum Gasteiger partial charge on any atom is 0.230 e. The molecule has 6 heteroatoms. The number of carbonyl (C=O) groups excluding carboxylic acids is 1. The van der Waals surface area contributed by atoms with Gasteiger partial charge in [0.1, 0.15) is 0 Å². The van der Waals surface area contributed by atoms with Gasteiger partial charge in [0, 0.05) is 44.0 Å². The number of hydrogen-bond acceptors (Lipinski definition) is 4. The van der Waals surface area contributed by atoms with Crippen LogP contribution in [0.5, 0.6) is 0 Å². The van der Waals surface area contributed by atoms with Crippen LogP contribution in [0.25, 0.3) is 0 Å². The molecule has 1 amide bonds. The molecule has 172 valence electrons. The summed E-state index contributed by atoms with van der Waals surface area (Å²) < 4.78 is 6.31. The maximum absolute atomic E-state index is 13.9. The number of halogens is 1. The van der Waals surface area contributed by atoms with Gasteiger partial charge in [0.2, 0.25) is 5.91 Å². The summed E-state index contributed by atoms with van der Waals surface area (Å²) in [4.78, 5) is 22.8. The van der Waals surface area contributed by atoms with Crippen molar-refractivity contribution in [2.75, 3.05) is 26.2 Å². The topological polar surface area (TPSA) is 45.7 Å². The number of nitrogens with zero attached hydrogens (tertiary/aromatic N) is 3. The number of aromatic nitrogens is 1. The molecule has 2 aromatic rings. The Labute approximate surface area is 196 Å². The molecule has 0 unspecified atom stereocenters. The molecule has 1 aromatic carbocycles. The van der Waals surface area contributed by atoms with E-state index in [-0.39, 0.29) is 17.4 Å². The summed E-state index contributed by atoms with van der Waals surface area (Å²) in [7, 11) is 0. The zero-order valence-electron chi connectivity index (χ0n) is 19.2. The first kappa shape index (κ1) is 23.2. The number of likely N-dealkylation sites (tertiary alicyclic amines) is 2. The monoisotopic (exact) mass is 455 g/mol. The molecule has 3 heterocycles. The standard InChI is InChI=1S/C26H34ClN3O2/c1-20(2)18-32-24-14-26(11-5-13-29(19-26)16-23-6-3-4-12-28-23)25(31)30(17-24)15-21-7-9-22(27)10-8-21/h3-4,6-10,12,20,24H,5,11,13-19H2,1-2H3/t24-,26+/m0/s1. The van der Waals surface area contributed by atoms with Gasteiger partial charge in [-0.2, -0.15) is 0 Å². The first-order chi connectivity index (χ1) is 15.4. The van der Waals surface area contributed by atoms with E-state index in [0.29, 0.717) is 24.0 Å². The third-order valence-electron chi connectivity index (χ3n) is 6.50. The summed E-state index contributed by atoms with van der Waals surface area (Å²) in [6.45, 7) is 8.86. The highest BCUT2D eigenvalue weighted by atomic mass is 35.5. The van der Waals surface area contributed by atoms with Gasteiger partial charge < -0.3 is 9.64 Å². The first-order valence-electron chi connectivity index (χ1n) is 11.7. The highest BCUT2D eigenvalue weighted by molar-refractivity contribution is 6.30. The Hall–Kier alpha value is -1.95. The largest absolute Gasteiger partial charge is 0.376 e. The van der Waals surface area contributed by atoms with Crippen molar-refractivity contribution >= 4 is 17.5 Å². The molecule has 0 aliphatic carbocycles. The third-order valence-corrected chi connectivity index (χ3v) is 6.75. The lowest BCUT2D eigenvalue weighted by Crippen LogP contribution is -2.59. The van der Waals surface area contributed by atoms with Crippen molar-refractivity contribution in [1.82, 2.24) is 14.8 Å². The van der Waals surface area contributed by atoms with Crippen molar-refractivity contribution < 1.29 is 9.53 Å².